The second kappa shape index (κ2) is 11.5. The van der Waals surface area contributed by atoms with Gasteiger partial charge >= 0.3 is 12.2 Å². The molecule has 14 heteroatoms. The zero-order valence-corrected chi connectivity index (χ0v) is 19.4. The van der Waals surface area contributed by atoms with Crippen LogP contribution >= 0.6 is 11.8 Å². The average Bonchev–Trinajstić information content (AvgIpc) is 2.82. The minimum Gasteiger partial charge on any atom is -0.439 e. The van der Waals surface area contributed by atoms with Crippen LogP contribution < -0.4 is 15.4 Å². The van der Waals surface area contributed by atoms with Crippen molar-refractivity contribution in [1.82, 2.24) is 15.3 Å². The Bertz CT molecular complexity index is 1270. The molecule has 2 N–H and O–H groups in total. The zero-order chi connectivity index (χ0) is 26.3. The number of carbonyl (C=O) groups excluding carboxylic acids is 2. The number of hydrogen-bond donors (Lipinski definition) is 2. The number of nitrogens with zero attached hydrogens (tertiary/aromatic N) is 3. The maximum absolute atomic E-state index is 13.3. The molecule has 1 heterocycles. The van der Waals surface area contributed by atoms with Gasteiger partial charge in [-0.25, -0.2) is 9.78 Å². The molecule has 10 nitrogen and oxygen atoms in total. The van der Waals surface area contributed by atoms with Gasteiger partial charge in [-0.3, -0.25) is 20.2 Å². The Morgan fingerprint density at radius 1 is 1.11 bits per heavy atom. The monoisotopic (exact) mass is 521 g/mol. The van der Waals surface area contributed by atoms with Crippen LogP contribution in [0, 0.1) is 10.1 Å². The molecule has 0 spiro atoms. The van der Waals surface area contributed by atoms with Gasteiger partial charge in [0.2, 0.25) is 11.8 Å². The number of alkyl halides is 3. The third kappa shape index (κ3) is 7.66. The fourth-order valence-electron chi connectivity index (χ4n) is 2.73. The molecule has 0 aliphatic rings. The Kier molecular flexibility index (Phi) is 8.42. The highest BCUT2D eigenvalue weighted by atomic mass is 32.2. The summed E-state index contributed by atoms with van der Waals surface area (Å²) >= 11 is 0.542. The van der Waals surface area contributed by atoms with Crippen LogP contribution in [0.5, 0.6) is 11.6 Å². The van der Waals surface area contributed by atoms with Crippen molar-refractivity contribution in [1.29, 1.82) is 0 Å². The molecule has 2 aromatic carbocycles. The molecule has 0 radical (unpaired) electrons. The number of anilines is 1. The van der Waals surface area contributed by atoms with Crippen molar-refractivity contribution in [2.45, 2.75) is 24.7 Å². The van der Waals surface area contributed by atoms with Crippen molar-refractivity contribution < 1.29 is 32.4 Å². The molecule has 36 heavy (non-hydrogen) atoms. The van der Waals surface area contributed by atoms with E-state index >= 15 is 0 Å². The van der Waals surface area contributed by atoms with Gasteiger partial charge in [-0.15, -0.1) is 0 Å². The van der Waals surface area contributed by atoms with E-state index < -0.39 is 45.5 Å². The average molecular weight is 521 g/mol. The Morgan fingerprint density at radius 3 is 2.47 bits per heavy atom. The topological polar surface area (TPSA) is 136 Å². The standard InChI is InChI=1S/C22H18F3N5O5S/c1-2-13-6-8-14(9-7-13)26-20(32)28-18(31)12-36-21-27-17(22(23,24)25)11-19(29-21)35-16-5-3-4-15(10-16)30(33)34/h3-11H,2,12H2,1H3,(H2,26,28,31,32). The molecular weight excluding hydrogens is 503 g/mol. The number of amides is 3. The minimum atomic E-state index is -4.85. The number of urea groups is 1. The Morgan fingerprint density at radius 2 is 1.83 bits per heavy atom. The highest BCUT2D eigenvalue weighted by Gasteiger charge is 2.34. The fraction of sp³-hybridized carbons (Fsp3) is 0.182. The van der Waals surface area contributed by atoms with E-state index in [4.69, 9.17) is 4.74 Å². The molecule has 3 aromatic rings. The van der Waals surface area contributed by atoms with Crippen molar-refractivity contribution in [2.24, 2.45) is 0 Å². The normalized spacial score (nSPS) is 11.0. The zero-order valence-electron chi connectivity index (χ0n) is 18.5. The van der Waals surface area contributed by atoms with Crippen LogP contribution in [0.1, 0.15) is 18.2 Å². The number of rotatable bonds is 8. The van der Waals surface area contributed by atoms with Crippen LogP contribution in [0.2, 0.25) is 0 Å². The SMILES string of the molecule is CCc1ccc(NC(=O)NC(=O)CSc2nc(Oc3cccc([N+](=O)[O-])c3)cc(C(F)(F)F)n2)cc1. The predicted octanol–water partition coefficient (Wildman–Crippen LogP) is 5.20. The quantitative estimate of drug-likeness (QED) is 0.179. The highest BCUT2D eigenvalue weighted by molar-refractivity contribution is 7.99. The molecule has 0 saturated heterocycles. The third-order valence-electron chi connectivity index (χ3n) is 4.43. The van der Waals surface area contributed by atoms with E-state index in [0.29, 0.717) is 23.5 Å². The van der Waals surface area contributed by atoms with E-state index in [2.05, 4.69) is 20.6 Å². The number of nitrogens with one attached hydrogen (secondary N) is 2. The number of carbonyl (C=O) groups is 2. The molecule has 0 unspecified atom stereocenters. The van der Waals surface area contributed by atoms with Crippen LogP contribution in [0.3, 0.4) is 0 Å². The summed E-state index contributed by atoms with van der Waals surface area (Å²) in [5.41, 5.74) is -0.157. The molecule has 0 fully saturated rings. The minimum absolute atomic E-state index is 0.117. The molecule has 0 atom stereocenters. The van der Waals surface area contributed by atoms with Crippen molar-refractivity contribution in [3.05, 3.63) is 76.0 Å². The second-order valence-electron chi connectivity index (χ2n) is 7.07. The lowest BCUT2D eigenvalue weighted by Gasteiger charge is -2.11. The number of hydrogen-bond acceptors (Lipinski definition) is 8. The smallest absolute Gasteiger partial charge is 0.433 e. The van der Waals surface area contributed by atoms with Crippen molar-refractivity contribution >= 4 is 35.1 Å². The Labute approximate surface area is 206 Å². The molecule has 0 bridgehead atoms. The van der Waals surface area contributed by atoms with Gasteiger partial charge in [0.1, 0.15) is 5.75 Å². The second-order valence-corrected chi connectivity index (χ2v) is 8.01. The summed E-state index contributed by atoms with van der Waals surface area (Å²) < 4.78 is 45.2. The lowest BCUT2D eigenvalue weighted by atomic mass is 10.1. The molecule has 0 aliphatic carbocycles. The van der Waals surface area contributed by atoms with Crippen molar-refractivity contribution in [3.8, 4) is 11.6 Å². The van der Waals surface area contributed by atoms with Gasteiger partial charge in [-0.05, 0) is 30.2 Å². The molecule has 3 amide bonds. The maximum Gasteiger partial charge on any atom is 0.433 e. The lowest BCUT2D eigenvalue weighted by Crippen LogP contribution is -2.35. The lowest BCUT2D eigenvalue weighted by molar-refractivity contribution is -0.384. The molecule has 3 rings (SSSR count). The van der Waals surface area contributed by atoms with Gasteiger partial charge in [-0.2, -0.15) is 18.2 Å². The summed E-state index contributed by atoms with van der Waals surface area (Å²) in [5.74, 6) is -1.92. The molecule has 0 aliphatic heterocycles. The van der Waals surface area contributed by atoms with Gasteiger partial charge in [0.05, 0.1) is 16.7 Å². The number of nitro benzene ring substituents is 1. The van der Waals surface area contributed by atoms with Gasteiger partial charge in [0.15, 0.2) is 10.9 Å². The number of aromatic nitrogens is 2. The van der Waals surface area contributed by atoms with E-state index in [1.54, 1.807) is 12.1 Å². The van der Waals surface area contributed by atoms with Crippen LogP contribution in [0.15, 0.2) is 59.8 Å². The van der Waals surface area contributed by atoms with Crippen LogP contribution in [-0.2, 0) is 17.4 Å². The van der Waals surface area contributed by atoms with E-state index in [-0.39, 0.29) is 11.4 Å². The number of aryl methyl sites for hydroxylation is 1. The molecule has 1 aromatic heterocycles. The first-order valence-electron chi connectivity index (χ1n) is 10.2. The number of halogens is 3. The molecule has 188 valence electrons. The van der Waals surface area contributed by atoms with Crippen LogP contribution in [0.4, 0.5) is 29.3 Å². The van der Waals surface area contributed by atoms with Crippen LogP contribution in [-0.4, -0.2) is 32.6 Å². The Balaban J connectivity index is 1.66. The number of thioether (sulfide) groups is 1. The van der Waals surface area contributed by atoms with E-state index in [1.807, 2.05) is 19.1 Å². The summed E-state index contributed by atoms with van der Waals surface area (Å²) in [5, 5.41) is 15.0. The summed E-state index contributed by atoms with van der Waals surface area (Å²) in [7, 11) is 0. The number of nitro groups is 1. The number of benzene rings is 2. The summed E-state index contributed by atoms with van der Waals surface area (Å²) in [6.07, 6.45) is -4.04. The number of imide groups is 1. The van der Waals surface area contributed by atoms with Crippen molar-refractivity contribution in [2.75, 3.05) is 11.1 Å². The highest BCUT2D eigenvalue weighted by Crippen LogP contribution is 2.33. The van der Waals surface area contributed by atoms with E-state index in [0.717, 1.165) is 18.1 Å². The number of ether oxygens (including phenoxy) is 1. The maximum atomic E-state index is 13.3. The van der Waals surface area contributed by atoms with E-state index in [1.165, 1.54) is 18.2 Å². The summed E-state index contributed by atoms with van der Waals surface area (Å²) in [6, 6.07) is 11.5. The van der Waals surface area contributed by atoms with E-state index in [9.17, 15) is 32.9 Å². The van der Waals surface area contributed by atoms with Gasteiger partial charge in [0, 0.05) is 17.8 Å². The van der Waals surface area contributed by atoms with Crippen LogP contribution in [0.25, 0.3) is 0 Å². The number of non-ortho nitro benzene ring substituents is 1. The van der Waals surface area contributed by atoms with Gasteiger partial charge in [-0.1, -0.05) is 36.9 Å². The molecular formula is C22H18F3N5O5S. The van der Waals surface area contributed by atoms with Gasteiger partial charge < -0.3 is 10.1 Å². The first-order valence-corrected chi connectivity index (χ1v) is 11.2. The predicted molar refractivity (Wildman–Crippen MR) is 124 cm³/mol. The van der Waals surface area contributed by atoms with Crippen molar-refractivity contribution in [3.63, 3.8) is 0 Å². The van der Waals surface area contributed by atoms with Gasteiger partial charge in [0.25, 0.3) is 5.69 Å². The third-order valence-corrected chi connectivity index (χ3v) is 5.28. The first kappa shape index (κ1) is 26.4. The molecule has 0 saturated carbocycles. The first-order chi connectivity index (χ1) is 17.0. The Hall–Kier alpha value is -4.20. The fourth-order valence-corrected chi connectivity index (χ4v) is 3.38. The largest absolute Gasteiger partial charge is 0.439 e. The summed E-state index contributed by atoms with van der Waals surface area (Å²) in [4.78, 5) is 41.5. The summed E-state index contributed by atoms with van der Waals surface area (Å²) in [6.45, 7) is 1.97.